The van der Waals surface area contributed by atoms with Crippen molar-refractivity contribution in [2.75, 3.05) is 39.3 Å². The molecule has 1 aromatic carbocycles. The van der Waals surface area contributed by atoms with Gasteiger partial charge in [0.2, 0.25) is 5.91 Å². The van der Waals surface area contributed by atoms with Crippen molar-refractivity contribution in [3.05, 3.63) is 35.4 Å². The first-order chi connectivity index (χ1) is 11.2. The average molecular weight is 314 g/mol. The molecule has 1 fully saturated rings. The molecular formula is C17H22N4O2. The summed E-state index contributed by atoms with van der Waals surface area (Å²) in [6.45, 7) is 5.58. The molecule has 23 heavy (non-hydrogen) atoms. The Kier molecular flexibility index (Phi) is 6.12. The van der Waals surface area contributed by atoms with Crippen LogP contribution in [0.4, 0.5) is 0 Å². The minimum Gasteiger partial charge on any atom is -0.339 e. The molecule has 0 unspecified atom stereocenters. The normalized spacial score (nSPS) is 14.2. The van der Waals surface area contributed by atoms with Crippen molar-refractivity contribution in [2.24, 2.45) is 0 Å². The van der Waals surface area contributed by atoms with E-state index in [-0.39, 0.29) is 18.4 Å². The van der Waals surface area contributed by atoms with E-state index < -0.39 is 0 Å². The quantitative estimate of drug-likeness (QED) is 0.874. The highest BCUT2D eigenvalue weighted by Gasteiger charge is 2.22. The first-order valence-electron chi connectivity index (χ1n) is 7.93. The second-order valence-corrected chi connectivity index (χ2v) is 5.55. The molecule has 6 nitrogen and oxygen atoms in total. The van der Waals surface area contributed by atoms with Crippen LogP contribution in [0.2, 0.25) is 0 Å². The number of nitrogens with zero attached hydrogens (tertiary/aromatic N) is 3. The largest absolute Gasteiger partial charge is 0.339 e. The lowest BCUT2D eigenvalue weighted by Crippen LogP contribution is -2.50. The van der Waals surface area contributed by atoms with Crippen LogP contribution < -0.4 is 5.32 Å². The second kappa shape index (κ2) is 8.30. The van der Waals surface area contributed by atoms with E-state index in [1.54, 1.807) is 34.1 Å². The topological polar surface area (TPSA) is 76.4 Å². The van der Waals surface area contributed by atoms with Crippen molar-refractivity contribution in [1.82, 2.24) is 15.1 Å². The predicted molar refractivity (Wildman–Crippen MR) is 86.8 cm³/mol. The molecule has 0 bridgehead atoms. The number of nitrogens with one attached hydrogen (secondary N) is 1. The zero-order valence-electron chi connectivity index (χ0n) is 13.4. The predicted octanol–water partition coefficient (Wildman–Crippen LogP) is 0.842. The van der Waals surface area contributed by atoms with Gasteiger partial charge in [-0.15, -0.1) is 0 Å². The molecule has 1 N–H and O–H groups in total. The summed E-state index contributed by atoms with van der Waals surface area (Å²) in [7, 11) is 0. The van der Waals surface area contributed by atoms with Crippen molar-refractivity contribution < 1.29 is 9.59 Å². The third-order valence-corrected chi connectivity index (χ3v) is 3.84. The molecule has 122 valence electrons. The van der Waals surface area contributed by atoms with E-state index in [2.05, 4.69) is 5.32 Å². The van der Waals surface area contributed by atoms with E-state index in [0.29, 0.717) is 30.8 Å². The van der Waals surface area contributed by atoms with Crippen molar-refractivity contribution in [2.45, 2.75) is 13.3 Å². The van der Waals surface area contributed by atoms with Gasteiger partial charge in [0.05, 0.1) is 11.6 Å². The Balaban J connectivity index is 2.05. The minimum absolute atomic E-state index is 0.0121. The number of piperazine rings is 1. The van der Waals surface area contributed by atoms with Gasteiger partial charge in [-0.1, -0.05) is 6.92 Å². The number of hydrogen-bond donors (Lipinski definition) is 1. The lowest BCUT2D eigenvalue weighted by molar-refractivity contribution is -0.132. The number of hydrogen-bond acceptors (Lipinski definition) is 4. The standard InChI is InChI=1S/C17H22N4O2/c1-2-9-21(13-16(22)20-10-7-19-8-11-20)17(23)15-5-3-14(12-18)4-6-15/h3-6,19H,2,7-11,13H2,1H3. The molecule has 0 spiro atoms. The Morgan fingerprint density at radius 3 is 2.48 bits per heavy atom. The maximum Gasteiger partial charge on any atom is 0.254 e. The first-order valence-corrected chi connectivity index (χ1v) is 7.93. The number of benzene rings is 1. The number of amides is 2. The molecule has 1 heterocycles. The fourth-order valence-electron chi connectivity index (χ4n) is 2.57. The van der Waals surface area contributed by atoms with Gasteiger partial charge in [-0.2, -0.15) is 5.26 Å². The van der Waals surface area contributed by atoms with Crippen LogP contribution in [0.25, 0.3) is 0 Å². The van der Waals surface area contributed by atoms with Crippen molar-refractivity contribution >= 4 is 11.8 Å². The summed E-state index contributed by atoms with van der Waals surface area (Å²) in [6.07, 6.45) is 0.789. The van der Waals surface area contributed by atoms with Crippen molar-refractivity contribution in [3.63, 3.8) is 0 Å². The van der Waals surface area contributed by atoms with Gasteiger partial charge in [-0.25, -0.2) is 0 Å². The van der Waals surface area contributed by atoms with Crippen LogP contribution in [-0.2, 0) is 4.79 Å². The van der Waals surface area contributed by atoms with Crippen LogP contribution in [0.5, 0.6) is 0 Å². The van der Waals surface area contributed by atoms with Crippen molar-refractivity contribution in [1.29, 1.82) is 5.26 Å². The Labute approximate surface area is 136 Å². The fraction of sp³-hybridized carbons (Fsp3) is 0.471. The zero-order chi connectivity index (χ0) is 16.7. The van der Waals surface area contributed by atoms with Crippen LogP contribution >= 0.6 is 0 Å². The fourth-order valence-corrected chi connectivity index (χ4v) is 2.57. The molecule has 0 saturated carbocycles. The SMILES string of the molecule is CCCN(CC(=O)N1CCNCC1)C(=O)c1ccc(C#N)cc1. The molecule has 6 heteroatoms. The van der Waals surface area contributed by atoms with Gasteiger partial charge in [-0.3, -0.25) is 9.59 Å². The van der Waals surface area contributed by atoms with Gasteiger partial charge in [0.25, 0.3) is 5.91 Å². The van der Waals surface area contributed by atoms with Crippen LogP contribution in [0.1, 0.15) is 29.3 Å². The summed E-state index contributed by atoms with van der Waals surface area (Å²) in [4.78, 5) is 28.4. The highest BCUT2D eigenvalue weighted by molar-refractivity contribution is 5.96. The third kappa shape index (κ3) is 4.54. The highest BCUT2D eigenvalue weighted by atomic mass is 16.2. The number of carbonyl (C=O) groups excluding carboxylic acids is 2. The van der Waals surface area contributed by atoms with Crippen molar-refractivity contribution in [3.8, 4) is 6.07 Å². The summed E-state index contributed by atoms with van der Waals surface area (Å²) in [5.74, 6) is -0.179. The minimum atomic E-state index is -0.167. The monoisotopic (exact) mass is 314 g/mol. The van der Waals surface area contributed by atoms with Gasteiger partial charge in [0, 0.05) is 38.3 Å². The van der Waals surface area contributed by atoms with E-state index in [1.807, 2.05) is 13.0 Å². The molecule has 0 aliphatic carbocycles. The van der Waals surface area contributed by atoms with E-state index in [0.717, 1.165) is 19.5 Å². The molecule has 2 rings (SSSR count). The molecule has 2 amide bonds. The highest BCUT2D eigenvalue weighted by Crippen LogP contribution is 2.09. The van der Waals surface area contributed by atoms with Gasteiger partial charge >= 0.3 is 0 Å². The first kappa shape index (κ1) is 17.0. The van der Waals surface area contributed by atoms with E-state index in [9.17, 15) is 9.59 Å². The Bertz CT molecular complexity index is 586. The summed E-state index contributed by atoms with van der Waals surface area (Å²) in [6, 6.07) is 8.55. The van der Waals surface area contributed by atoms with Crippen LogP contribution in [0.15, 0.2) is 24.3 Å². The summed E-state index contributed by atoms with van der Waals surface area (Å²) in [5.41, 5.74) is 1.02. The molecule has 0 radical (unpaired) electrons. The lowest BCUT2D eigenvalue weighted by atomic mass is 10.1. The molecule has 0 atom stereocenters. The van der Waals surface area contributed by atoms with Crippen LogP contribution in [0, 0.1) is 11.3 Å². The van der Waals surface area contributed by atoms with Gasteiger partial charge in [0.1, 0.15) is 6.54 Å². The van der Waals surface area contributed by atoms with Gasteiger partial charge in [-0.05, 0) is 30.7 Å². The Morgan fingerprint density at radius 2 is 1.91 bits per heavy atom. The maximum absolute atomic E-state index is 12.6. The lowest BCUT2D eigenvalue weighted by Gasteiger charge is -2.30. The van der Waals surface area contributed by atoms with Gasteiger partial charge in [0.15, 0.2) is 0 Å². The molecule has 1 aliphatic heterocycles. The molecular weight excluding hydrogens is 292 g/mol. The second-order valence-electron chi connectivity index (χ2n) is 5.55. The summed E-state index contributed by atoms with van der Waals surface area (Å²) in [5, 5.41) is 12.0. The maximum atomic E-state index is 12.6. The van der Waals surface area contributed by atoms with Crippen LogP contribution in [-0.4, -0.2) is 60.9 Å². The van der Waals surface area contributed by atoms with Crippen LogP contribution in [0.3, 0.4) is 0 Å². The Morgan fingerprint density at radius 1 is 1.26 bits per heavy atom. The molecule has 1 aliphatic rings. The number of rotatable bonds is 5. The van der Waals surface area contributed by atoms with E-state index in [4.69, 9.17) is 5.26 Å². The third-order valence-electron chi connectivity index (χ3n) is 3.84. The zero-order valence-corrected chi connectivity index (χ0v) is 13.4. The van der Waals surface area contributed by atoms with Gasteiger partial charge < -0.3 is 15.1 Å². The van der Waals surface area contributed by atoms with E-state index >= 15 is 0 Å². The molecule has 1 saturated heterocycles. The number of nitriles is 1. The average Bonchev–Trinajstić information content (AvgIpc) is 2.61. The Hall–Kier alpha value is -2.39. The smallest absolute Gasteiger partial charge is 0.254 e. The van der Waals surface area contributed by atoms with E-state index in [1.165, 1.54) is 0 Å². The molecule has 0 aromatic heterocycles. The summed E-state index contributed by atoms with van der Waals surface area (Å²) >= 11 is 0. The summed E-state index contributed by atoms with van der Waals surface area (Å²) < 4.78 is 0. The molecule has 1 aromatic rings. The number of carbonyl (C=O) groups is 2.